The van der Waals surface area contributed by atoms with E-state index in [-0.39, 0.29) is 19.1 Å². The summed E-state index contributed by atoms with van der Waals surface area (Å²) in [4.78, 5) is 28.2. The molecule has 3 N–H and O–H groups in total. The van der Waals surface area contributed by atoms with Gasteiger partial charge in [-0.05, 0) is 36.8 Å². The summed E-state index contributed by atoms with van der Waals surface area (Å²) in [6.45, 7) is 6.65. The molecule has 0 bridgehead atoms. The number of nitrogens with one attached hydrogen (secondary N) is 1. The van der Waals surface area contributed by atoms with Crippen LogP contribution in [0, 0.1) is 0 Å². The summed E-state index contributed by atoms with van der Waals surface area (Å²) in [6.07, 6.45) is 26.3. The smallest absolute Gasteiger partial charge is 0.338 e. The SMILES string of the molecule is CCCCCCCCCCCCO[C@H](CCCCCCCCCCC)CCO[C@H]1[C@H](O)[C@@H](CO)O[C@H](C(=O)OC(c2ccccc2)c2ccccc2)[C@@H]1NC(=O)C(F)(F)CCCCCCCCCCCC. The first-order valence-electron chi connectivity index (χ1n) is 28.8. The molecule has 1 saturated heterocycles. The normalized spacial score (nSPS) is 18.7. The van der Waals surface area contributed by atoms with E-state index in [4.69, 9.17) is 18.9 Å². The van der Waals surface area contributed by atoms with E-state index >= 15 is 8.78 Å². The zero-order valence-corrected chi connectivity index (χ0v) is 44.7. The Morgan fingerprint density at radius 2 is 1.04 bits per heavy atom. The third-order valence-electron chi connectivity index (χ3n) is 14.3. The van der Waals surface area contributed by atoms with Gasteiger partial charge in [0.2, 0.25) is 0 Å². The maximum Gasteiger partial charge on any atom is 0.338 e. The number of ether oxygens (including phenoxy) is 4. The van der Waals surface area contributed by atoms with Crippen LogP contribution >= 0.6 is 0 Å². The molecule has 1 heterocycles. The molecule has 1 amide bonds. The summed E-state index contributed by atoms with van der Waals surface area (Å²) in [7, 11) is 0. The minimum Gasteiger partial charge on any atom is -0.451 e. The first-order chi connectivity index (χ1) is 34.7. The molecule has 406 valence electrons. The maximum absolute atomic E-state index is 15.9. The van der Waals surface area contributed by atoms with E-state index in [0.717, 1.165) is 57.8 Å². The van der Waals surface area contributed by atoms with Crippen molar-refractivity contribution < 1.29 is 47.5 Å². The second-order valence-corrected chi connectivity index (χ2v) is 20.5. The third kappa shape index (κ3) is 26.2. The number of carbonyl (C=O) groups excluding carboxylic acids is 2. The fourth-order valence-electron chi connectivity index (χ4n) is 9.80. The molecule has 1 aliphatic heterocycles. The van der Waals surface area contributed by atoms with E-state index in [9.17, 15) is 19.8 Å². The molecule has 3 rings (SSSR count). The number of benzene rings is 2. The Morgan fingerprint density at radius 3 is 1.51 bits per heavy atom. The molecule has 6 atom stereocenters. The fourth-order valence-corrected chi connectivity index (χ4v) is 9.80. The highest BCUT2D eigenvalue weighted by molar-refractivity contribution is 5.85. The van der Waals surface area contributed by atoms with Gasteiger partial charge in [-0.3, -0.25) is 4.79 Å². The number of alkyl halides is 2. The lowest BCUT2D eigenvalue weighted by Gasteiger charge is -2.44. The van der Waals surface area contributed by atoms with Crippen LogP contribution in [0.1, 0.15) is 243 Å². The van der Waals surface area contributed by atoms with E-state index < -0.39 is 67.4 Å². The number of aliphatic hydroxyl groups excluding tert-OH is 2. The van der Waals surface area contributed by atoms with Gasteiger partial charge >= 0.3 is 11.9 Å². The first-order valence-corrected chi connectivity index (χ1v) is 28.8. The van der Waals surface area contributed by atoms with Crippen LogP contribution in [0.3, 0.4) is 0 Å². The van der Waals surface area contributed by atoms with Crippen LogP contribution in [0.2, 0.25) is 0 Å². The molecule has 0 unspecified atom stereocenters. The summed E-state index contributed by atoms with van der Waals surface area (Å²) in [6, 6.07) is 16.7. The topological polar surface area (TPSA) is 124 Å². The van der Waals surface area contributed by atoms with Crippen LogP contribution in [-0.4, -0.2) is 84.4 Å². The van der Waals surface area contributed by atoms with Gasteiger partial charge in [0.1, 0.15) is 18.3 Å². The number of carbonyl (C=O) groups is 2. The highest BCUT2D eigenvalue weighted by Crippen LogP contribution is 2.32. The van der Waals surface area contributed by atoms with Crippen molar-refractivity contribution in [3.05, 3.63) is 71.8 Å². The second-order valence-electron chi connectivity index (χ2n) is 20.5. The van der Waals surface area contributed by atoms with Crippen LogP contribution < -0.4 is 5.32 Å². The summed E-state index contributed by atoms with van der Waals surface area (Å²) >= 11 is 0. The number of rotatable bonds is 44. The number of amides is 1. The van der Waals surface area contributed by atoms with E-state index in [1.165, 1.54) is 122 Å². The summed E-state index contributed by atoms with van der Waals surface area (Å²) < 4.78 is 56.8. The molecule has 0 aliphatic carbocycles. The molecule has 1 fully saturated rings. The van der Waals surface area contributed by atoms with Gasteiger partial charge < -0.3 is 34.5 Å². The van der Waals surface area contributed by atoms with Crippen molar-refractivity contribution in [2.75, 3.05) is 19.8 Å². The van der Waals surface area contributed by atoms with Crippen molar-refractivity contribution in [2.45, 2.75) is 275 Å². The molecular weight excluding hydrogens is 901 g/mol. The molecule has 0 saturated carbocycles. The van der Waals surface area contributed by atoms with Crippen LogP contribution in [-0.2, 0) is 28.5 Å². The van der Waals surface area contributed by atoms with E-state index in [1.54, 1.807) is 0 Å². The average molecular weight is 1000 g/mol. The highest BCUT2D eigenvalue weighted by atomic mass is 19.3. The van der Waals surface area contributed by atoms with Gasteiger partial charge in [0, 0.05) is 19.6 Å². The van der Waals surface area contributed by atoms with Gasteiger partial charge in [-0.2, -0.15) is 8.78 Å². The van der Waals surface area contributed by atoms with Crippen molar-refractivity contribution in [2.24, 2.45) is 0 Å². The number of unbranched alkanes of at least 4 members (excludes halogenated alkanes) is 26. The molecule has 1 aliphatic rings. The Balaban J connectivity index is 1.76. The Bertz CT molecular complexity index is 1550. The molecule has 0 spiro atoms. The number of esters is 1. The lowest BCUT2D eigenvalue weighted by Crippen LogP contribution is -2.68. The van der Waals surface area contributed by atoms with Crippen LogP contribution in [0.25, 0.3) is 0 Å². The van der Waals surface area contributed by atoms with Crippen molar-refractivity contribution in [3.63, 3.8) is 0 Å². The maximum atomic E-state index is 15.9. The largest absolute Gasteiger partial charge is 0.451 e. The van der Waals surface area contributed by atoms with Gasteiger partial charge in [0.05, 0.1) is 18.8 Å². The Hall–Kier alpha value is -2.96. The predicted octanol–water partition coefficient (Wildman–Crippen LogP) is 14.9. The Kier molecular flexibility index (Phi) is 34.7. The highest BCUT2D eigenvalue weighted by Gasteiger charge is 2.52. The minimum absolute atomic E-state index is 0.0553. The molecule has 0 aromatic heterocycles. The van der Waals surface area contributed by atoms with Crippen LogP contribution in [0.5, 0.6) is 0 Å². The Morgan fingerprint density at radius 1 is 0.606 bits per heavy atom. The standard InChI is InChI=1S/C60H99F2NO8/c1-4-7-10-13-16-19-22-25-28-37-45-60(61,62)59(67)63-53-56(54(65)52(48-64)70-57(53)58(66)71-55(49-39-32-30-33-40-49)50-41-34-31-35-42-50)69-47-44-51(43-36-27-24-21-18-15-12-9-6-3)68-46-38-29-26-23-20-17-14-11-8-5-2/h30-35,39-42,51-57,64-65H,4-29,36-38,43-48H2,1-3H3,(H,63,67)/t51-,52-,53-,54-,56-,57+/m1/s1. The van der Waals surface area contributed by atoms with Crippen molar-refractivity contribution in [1.82, 2.24) is 5.32 Å². The fraction of sp³-hybridized carbons (Fsp3) is 0.767. The van der Waals surface area contributed by atoms with E-state index in [1.807, 2.05) is 60.7 Å². The van der Waals surface area contributed by atoms with Gasteiger partial charge in [-0.25, -0.2) is 4.79 Å². The quantitative estimate of drug-likeness (QED) is 0.0443. The van der Waals surface area contributed by atoms with Crippen LogP contribution in [0.15, 0.2) is 60.7 Å². The molecule has 0 radical (unpaired) electrons. The molecule has 11 heteroatoms. The summed E-state index contributed by atoms with van der Waals surface area (Å²) in [5.74, 6) is -6.29. The molecule has 2 aromatic carbocycles. The molecule has 71 heavy (non-hydrogen) atoms. The van der Waals surface area contributed by atoms with Crippen molar-refractivity contribution in [3.8, 4) is 0 Å². The lowest BCUT2D eigenvalue weighted by atomic mass is 9.91. The summed E-state index contributed by atoms with van der Waals surface area (Å²) in [5, 5.41) is 24.6. The van der Waals surface area contributed by atoms with Crippen molar-refractivity contribution in [1.29, 1.82) is 0 Å². The molecular formula is C60H99F2NO8. The molecule has 2 aromatic rings. The van der Waals surface area contributed by atoms with Gasteiger partial charge in [0.15, 0.2) is 12.2 Å². The zero-order valence-electron chi connectivity index (χ0n) is 44.7. The minimum atomic E-state index is -3.77. The lowest BCUT2D eigenvalue weighted by molar-refractivity contribution is -0.222. The average Bonchev–Trinajstić information content (AvgIpc) is 3.38. The number of hydrogen-bond donors (Lipinski definition) is 3. The van der Waals surface area contributed by atoms with Gasteiger partial charge in [-0.1, -0.05) is 255 Å². The Labute approximate surface area is 429 Å². The van der Waals surface area contributed by atoms with Crippen LogP contribution in [0.4, 0.5) is 8.78 Å². The number of hydrogen-bond acceptors (Lipinski definition) is 8. The number of halogens is 2. The van der Waals surface area contributed by atoms with E-state index in [0.29, 0.717) is 30.6 Å². The number of aliphatic hydroxyl groups is 2. The molecule has 9 nitrogen and oxygen atoms in total. The summed E-state index contributed by atoms with van der Waals surface area (Å²) in [5.41, 5.74) is 1.32. The predicted molar refractivity (Wildman–Crippen MR) is 284 cm³/mol. The van der Waals surface area contributed by atoms with E-state index in [2.05, 4.69) is 26.1 Å². The monoisotopic (exact) mass is 1000 g/mol. The second kappa shape index (κ2) is 39.5. The van der Waals surface area contributed by atoms with Gasteiger partial charge in [-0.15, -0.1) is 0 Å². The first kappa shape index (κ1) is 62.3. The third-order valence-corrected chi connectivity index (χ3v) is 14.3. The van der Waals surface area contributed by atoms with Gasteiger partial charge in [0.25, 0.3) is 5.91 Å². The van der Waals surface area contributed by atoms with Crippen molar-refractivity contribution >= 4 is 11.9 Å². The zero-order chi connectivity index (χ0) is 51.2.